The first-order chi connectivity index (χ1) is 12.3. The van der Waals surface area contributed by atoms with Crippen LogP contribution in [0.25, 0.3) is 11.3 Å². The second-order valence-electron chi connectivity index (χ2n) is 6.15. The molecule has 25 heavy (non-hydrogen) atoms. The quantitative estimate of drug-likeness (QED) is 0.769. The molecule has 0 spiro atoms. The van der Waals surface area contributed by atoms with Crippen molar-refractivity contribution in [2.75, 3.05) is 18.4 Å². The summed E-state index contributed by atoms with van der Waals surface area (Å²) in [6.07, 6.45) is 4.38. The van der Waals surface area contributed by atoms with Gasteiger partial charge in [0.15, 0.2) is 0 Å². The van der Waals surface area contributed by atoms with Crippen LogP contribution in [0, 0.1) is 0 Å². The summed E-state index contributed by atoms with van der Waals surface area (Å²) in [7, 11) is 0. The number of benzene rings is 1. The first kappa shape index (κ1) is 15.5. The van der Waals surface area contributed by atoms with Crippen LogP contribution in [0.15, 0.2) is 54.9 Å². The minimum absolute atomic E-state index is 0.0548. The maximum absolute atomic E-state index is 12.5. The van der Waals surface area contributed by atoms with Gasteiger partial charge in [-0.15, -0.1) is 0 Å². The van der Waals surface area contributed by atoms with Crippen LogP contribution in [-0.2, 0) is 17.8 Å². The van der Waals surface area contributed by atoms with Crippen LogP contribution in [0.3, 0.4) is 0 Å². The highest BCUT2D eigenvalue weighted by atomic mass is 16.2. The van der Waals surface area contributed by atoms with E-state index in [0.717, 1.165) is 30.8 Å². The molecule has 1 amide bonds. The molecule has 0 unspecified atom stereocenters. The van der Waals surface area contributed by atoms with Gasteiger partial charge in [0.2, 0.25) is 5.91 Å². The lowest BCUT2D eigenvalue weighted by Crippen LogP contribution is -2.37. The Hall–Kier alpha value is -2.99. The Labute approximate surface area is 145 Å². The summed E-state index contributed by atoms with van der Waals surface area (Å²) < 4.78 is 0. The minimum atomic E-state index is -0.0548. The Bertz CT molecular complexity index is 874. The van der Waals surface area contributed by atoms with Crippen molar-refractivity contribution < 1.29 is 4.79 Å². The zero-order valence-electron chi connectivity index (χ0n) is 13.8. The molecule has 0 aliphatic carbocycles. The van der Waals surface area contributed by atoms with E-state index in [1.54, 1.807) is 12.4 Å². The van der Waals surface area contributed by atoms with E-state index in [9.17, 15) is 4.79 Å². The van der Waals surface area contributed by atoms with Crippen molar-refractivity contribution in [3.8, 4) is 11.3 Å². The molecule has 3 aromatic rings. The highest BCUT2D eigenvalue weighted by molar-refractivity contribution is 5.94. The zero-order valence-corrected chi connectivity index (χ0v) is 13.8. The lowest BCUT2D eigenvalue weighted by molar-refractivity contribution is -0.117. The Morgan fingerprint density at radius 1 is 1.16 bits per heavy atom. The molecule has 0 bridgehead atoms. The molecule has 126 valence electrons. The highest BCUT2D eigenvalue weighted by Crippen LogP contribution is 2.23. The molecule has 1 aliphatic rings. The van der Waals surface area contributed by atoms with Crippen molar-refractivity contribution in [1.29, 1.82) is 0 Å². The monoisotopic (exact) mass is 333 g/mol. The number of anilines is 1. The standard InChI is InChI=1S/C19H19N5O/c25-18(13-24-10-8-14-5-1-2-6-15(14)12-24)22-19-16(11-21-23-19)17-7-3-4-9-20-17/h1-7,9,11H,8,10,12-13H2,(H2,21,22,23,25). The number of aromatic nitrogens is 3. The van der Waals surface area contributed by atoms with Crippen LogP contribution in [0.4, 0.5) is 5.82 Å². The van der Waals surface area contributed by atoms with E-state index in [-0.39, 0.29) is 5.91 Å². The molecule has 6 heteroatoms. The fourth-order valence-electron chi connectivity index (χ4n) is 3.17. The van der Waals surface area contributed by atoms with Crippen molar-refractivity contribution in [3.63, 3.8) is 0 Å². The molecule has 0 saturated carbocycles. The maximum Gasteiger partial charge on any atom is 0.239 e. The van der Waals surface area contributed by atoms with Gasteiger partial charge < -0.3 is 5.32 Å². The van der Waals surface area contributed by atoms with Gasteiger partial charge >= 0.3 is 0 Å². The summed E-state index contributed by atoms with van der Waals surface area (Å²) in [6.45, 7) is 2.05. The Morgan fingerprint density at radius 3 is 2.84 bits per heavy atom. The third-order valence-electron chi connectivity index (χ3n) is 4.42. The van der Waals surface area contributed by atoms with Gasteiger partial charge in [0.1, 0.15) is 5.82 Å². The Kier molecular flexibility index (Phi) is 4.26. The maximum atomic E-state index is 12.5. The lowest BCUT2D eigenvalue weighted by atomic mass is 10.00. The molecule has 4 rings (SSSR count). The predicted octanol–water partition coefficient (Wildman–Crippen LogP) is 2.47. The van der Waals surface area contributed by atoms with Gasteiger partial charge in [-0.1, -0.05) is 30.3 Å². The van der Waals surface area contributed by atoms with Crippen LogP contribution < -0.4 is 5.32 Å². The molecule has 0 saturated heterocycles. The summed E-state index contributed by atoms with van der Waals surface area (Å²) in [6, 6.07) is 14.1. The number of carbonyl (C=O) groups excluding carboxylic acids is 1. The third-order valence-corrected chi connectivity index (χ3v) is 4.42. The molecule has 1 aliphatic heterocycles. The number of H-pyrrole nitrogens is 1. The number of fused-ring (bicyclic) bond motifs is 1. The number of hydrogen-bond acceptors (Lipinski definition) is 4. The molecule has 6 nitrogen and oxygen atoms in total. The van der Waals surface area contributed by atoms with Crippen molar-refractivity contribution in [3.05, 3.63) is 66.0 Å². The number of aromatic amines is 1. The average molecular weight is 333 g/mol. The van der Waals surface area contributed by atoms with Crippen LogP contribution in [0.2, 0.25) is 0 Å². The van der Waals surface area contributed by atoms with Gasteiger partial charge in [0.25, 0.3) is 0 Å². The molecule has 0 fully saturated rings. The van der Waals surface area contributed by atoms with Crippen molar-refractivity contribution in [2.45, 2.75) is 13.0 Å². The lowest BCUT2D eigenvalue weighted by Gasteiger charge is -2.28. The summed E-state index contributed by atoms with van der Waals surface area (Å²) in [5.74, 6) is 0.530. The van der Waals surface area contributed by atoms with E-state index >= 15 is 0 Å². The van der Waals surface area contributed by atoms with Crippen molar-refractivity contribution in [1.82, 2.24) is 20.1 Å². The van der Waals surface area contributed by atoms with Crippen molar-refractivity contribution in [2.24, 2.45) is 0 Å². The summed E-state index contributed by atoms with van der Waals surface area (Å²) in [5, 5.41) is 9.80. The SMILES string of the molecule is O=C(CN1CCc2ccccc2C1)Nc1[nH]ncc1-c1ccccn1. The van der Waals surface area contributed by atoms with Gasteiger partial charge in [-0.25, -0.2) is 0 Å². The van der Waals surface area contributed by atoms with E-state index in [2.05, 4.69) is 43.6 Å². The van der Waals surface area contributed by atoms with Crippen LogP contribution >= 0.6 is 0 Å². The number of amides is 1. The van der Waals surface area contributed by atoms with Gasteiger partial charge in [0, 0.05) is 19.3 Å². The first-order valence-electron chi connectivity index (χ1n) is 8.33. The second-order valence-corrected chi connectivity index (χ2v) is 6.15. The molecule has 2 aromatic heterocycles. The average Bonchev–Trinajstić information content (AvgIpc) is 3.10. The largest absolute Gasteiger partial charge is 0.309 e. The normalized spacial score (nSPS) is 14.1. The minimum Gasteiger partial charge on any atom is -0.309 e. The fourth-order valence-corrected chi connectivity index (χ4v) is 3.17. The number of rotatable bonds is 4. The molecular formula is C19H19N5O. The summed E-state index contributed by atoms with van der Waals surface area (Å²) >= 11 is 0. The van der Waals surface area contributed by atoms with E-state index in [1.165, 1.54) is 11.1 Å². The third kappa shape index (κ3) is 3.44. The Balaban J connectivity index is 1.42. The molecule has 1 aromatic carbocycles. The molecule has 2 N–H and O–H groups in total. The van der Waals surface area contributed by atoms with Crippen LogP contribution in [0.5, 0.6) is 0 Å². The van der Waals surface area contributed by atoms with Gasteiger partial charge in [-0.2, -0.15) is 5.10 Å². The number of nitrogens with zero attached hydrogens (tertiary/aromatic N) is 3. The van der Waals surface area contributed by atoms with E-state index in [0.29, 0.717) is 12.4 Å². The first-order valence-corrected chi connectivity index (χ1v) is 8.33. The molecular weight excluding hydrogens is 314 g/mol. The van der Waals surface area contributed by atoms with E-state index in [4.69, 9.17) is 0 Å². The van der Waals surface area contributed by atoms with Crippen LogP contribution in [0.1, 0.15) is 11.1 Å². The number of hydrogen-bond donors (Lipinski definition) is 2. The summed E-state index contributed by atoms with van der Waals surface area (Å²) in [4.78, 5) is 18.9. The predicted molar refractivity (Wildman–Crippen MR) is 95.9 cm³/mol. The number of nitrogens with one attached hydrogen (secondary N) is 2. The highest BCUT2D eigenvalue weighted by Gasteiger charge is 2.19. The molecule has 0 atom stereocenters. The Morgan fingerprint density at radius 2 is 2.00 bits per heavy atom. The van der Waals surface area contributed by atoms with Crippen LogP contribution in [-0.4, -0.2) is 39.1 Å². The number of pyridine rings is 1. The molecule has 3 heterocycles. The van der Waals surface area contributed by atoms with Gasteiger partial charge in [-0.3, -0.25) is 19.8 Å². The summed E-state index contributed by atoms with van der Waals surface area (Å²) in [5.41, 5.74) is 4.25. The number of carbonyl (C=O) groups is 1. The van der Waals surface area contributed by atoms with E-state index in [1.807, 2.05) is 24.3 Å². The second kappa shape index (κ2) is 6.86. The zero-order chi connectivity index (χ0) is 17.1. The fraction of sp³-hybridized carbons (Fsp3) is 0.211. The van der Waals surface area contributed by atoms with E-state index < -0.39 is 0 Å². The van der Waals surface area contributed by atoms with Gasteiger partial charge in [0.05, 0.1) is 24.0 Å². The van der Waals surface area contributed by atoms with Crippen molar-refractivity contribution >= 4 is 11.7 Å². The van der Waals surface area contributed by atoms with Gasteiger partial charge in [-0.05, 0) is 29.7 Å². The smallest absolute Gasteiger partial charge is 0.239 e. The topological polar surface area (TPSA) is 73.9 Å². The molecule has 0 radical (unpaired) electrons.